The summed E-state index contributed by atoms with van der Waals surface area (Å²) >= 11 is 5.97. The van der Waals surface area contributed by atoms with E-state index in [1.54, 1.807) is 0 Å². The number of nitrogens with zero attached hydrogens (tertiary/aromatic N) is 1. The van der Waals surface area contributed by atoms with Crippen LogP contribution in [-0.4, -0.2) is 45.3 Å². The zero-order valence-corrected chi connectivity index (χ0v) is 19.7. The highest BCUT2D eigenvalue weighted by molar-refractivity contribution is 7.92. The molecule has 1 aliphatic heterocycles. The lowest BCUT2D eigenvalue weighted by Gasteiger charge is -2.34. The summed E-state index contributed by atoms with van der Waals surface area (Å²) in [5.74, 6) is -1.70. The Balaban J connectivity index is 1.63. The van der Waals surface area contributed by atoms with E-state index in [-0.39, 0.29) is 33.1 Å². The Morgan fingerprint density at radius 3 is 2.68 bits per heavy atom. The number of carbonyl (C=O) groups is 1. The van der Waals surface area contributed by atoms with Crippen LogP contribution >= 0.6 is 11.6 Å². The van der Waals surface area contributed by atoms with E-state index in [1.165, 1.54) is 41.9 Å². The number of piperidine rings is 1. The van der Waals surface area contributed by atoms with Gasteiger partial charge >= 0.3 is 5.91 Å². The topological polar surface area (TPSA) is 121 Å². The van der Waals surface area contributed by atoms with Crippen LogP contribution in [0.25, 0.3) is 11.0 Å². The van der Waals surface area contributed by atoms with Gasteiger partial charge in [0.2, 0.25) is 0 Å². The van der Waals surface area contributed by atoms with Crippen molar-refractivity contribution in [3.05, 3.63) is 53.0 Å². The third kappa shape index (κ3) is 4.97. The van der Waals surface area contributed by atoms with Crippen molar-refractivity contribution in [2.75, 3.05) is 29.3 Å². The smallest absolute Gasteiger partial charge is 0.310 e. The fourth-order valence-electron chi connectivity index (χ4n) is 3.93. The van der Waals surface area contributed by atoms with Crippen molar-refractivity contribution in [2.24, 2.45) is 0 Å². The molecule has 9 nitrogen and oxygen atoms in total. The van der Waals surface area contributed by atoms with Crippen LogP contribution in [0.3, 0.4) is 0 Å². The van der Waals surface area contributed by atoms with Gasteiger partial charge < -0.3 is 14.1 Å². The first-order chi connectivity index (χ1) is 16.2. The van der Waals surface area contributed by atoms with Crippen molar-refractivity contribution in [2.45, 2.75) is 30.8 Å². The molecule has 1 saturated heterocycles. The Labute approximate surface area is 200 Å². The highest BCUT2D eigenvalue weighted by Gasteiger charge is 2.25. The zero-order chi connectivity index (χ0) is 24.5. The first-order valence-corrected chi connectivity index (χ1v) is 12.4. The Morgan fingerprint density at radius 1 is 1.26 bits per heavy atom. The van der Waals surface area contributed by atoms with Gasteiger partial charge in [0, 0.05) is 37.2 Å². The van der Waals surface area contributed by atoms with Gasteiger partial charge in [-0.15, -0.1) is 0 Å². The van der Waals surface area contributed by atoms with Crippen molar-refractivity contribution < 1.29 is 32.0 Å². The molecule has 34 heavy (non-hydrogen) atoms. The number of hydroxylamine groups is 1. The molecule has 12 heteroatoms. The molecule has 0 bridgehead atoms. The lowest BCUT2D eigenvalue weighted by Crippen LogP contribution is -2.37. The van der Waals surface area contributed by atoms with Crippen LogP contribution in [-0.2, 0) is 14.8 Å². The first kappa shape index (κ1) is 24.3. The molecule has 3 N–H and O–H groups in total. The zero-order valence-electron chi connectivity index (χ0n) is 18.2. The molecule has 182 valence electrons. The maximum Gasteiger partial charge on any atom is 0.310 e. The minimum atomic E-state index is -4.12. The second kappa shape index (κ2) is 9.79. The van der Waals surface area contributed by atoms with Gasteiger partial charge in [-0.2, -0.15) is 0 Å². The van der Waals surface area contributed by atoms with Gasteiger partial charge in [0.05, 0.1) is 27.4 Å². The number of hydrogen-bond acceptors (Lipinski definition) is 7. The maximum atomic E-state index is 14.3. The molecule has 0 aliphatic carbocycles. The quantitative estimate of drug-likeness (QED) is 0.322. The number of hydrogen-bond donors (Lipinski definition) is 3. The van der Waals surface area contributed by atoms with Crippen molar-refractivity contribution in [3.63, 3.8) is 0 Å². The SMILES string of the molecule is CCOC1CCN(c2cc(F)c(Cl)cc2NS(=O)(=O)c2ccc3cc(C(=O)NO)oc3c2)CC1. The average molecular weight is 512 g/mol. The fourth-order valence-corrected chi connectivity index (χ4v) is 5.17. The van der Waals surface area contributed by atoms with E-state index < -0.39 is 21.7 Å². The second-order valence-electron chi connectivity index (χ2n) is 7.78. The minimum Gasteiger partial charge on any atom is -0.451 e. The number of amides is 1. The Kier molecular flexibility index (Phi) is 6.99. The highest BCUT2D eigenvalue weighted by Crippen LogP contribution is 2.35. The summed E-state index contributed by atoms with van der Waals surface area (Å²) in [7, 11) is -4.12. The molecular weight excluding hydrogens is 489 g/mol. The van der Waals surface area contributed by atoms with Crippen molar-refractivity contribution in [3.8, 4) is 0 Å². The summed E-state index contributed by atoms with van der Waals surface area (Å²) in [5.41, 5.74) is 2.11. The number of benzene rings is 2. The van der Waals surface area contributed by atoms with Gasteiger partial charge in [-0.05, 0) is 44.0 Å². The number of rotatable bonds is 7. The summed E-state index contributed by atoms with van der Waals surface area (Å²) < 4.78 is 54.1. The molecule has 0 unspecified atom stereocenters. The summed E-state index contributed by atoms with van der Waals surface area (Å²) in [5, 5.41) is 9.02. The molecule has 0 atom stereocenters. The highest BCUT2D eigenvalue weighted by atomic mass is 35.5. The number of nitrogens with one attached hydrogen (secondary N) is 2. The van der Waals surface area contributed by atoms with Crippen LogP contribution in [0.1, 0.15) is 30.3 Å². The molecule has 2 aromatic carbocycles. The molecule has 0 saturated carbocycles. The van der Waals surface area contributed by atoms with Gasteiger partial charge in [0.1, 0.15) is 11.4 Å². The number of sulfonamides is 1. The molecule has 1 fully saturated rings. The molecule has 0 spiro atoms. The largest absolute Gasteiger partial charge is 0.451 e. The number of ether oxygens (including phenoxy) is 1. The predicted octanol–water partition coefficient (Wildman–Crippen LogP) is 4.15. The van der Waals surface area contributed by atoms with E-state index in [0.717, 1.165) is 12.8 Å². The van der Waals surface area contributed by atoms with Crippen LogP contribution < -0.4 is 15.1 Å². The van der Waals surface area contributed by atoms with Crippen LogP contribution in [0, 0.1) is 5.82 Å². The average Bonchev–Trinajstić information content (AvgIpc) is 3.25. The standard InChI is InChI=1S/C22H23ClFN3O6S/c1-2-32-14-5-7-27(8-6-14)19-12-17(24)16(23)11-18(19)26-34(30,31)15-4-3-13-9-21(22(28)25-29)33-20(13)10-15/h3-4,9-12,14,26,29H,2,5-8H2,1H3,(H,25,28). The molecule has 1 aromatic heterocycles. The molecule has 0 radical (unpaired) electrons. The predicted molar refractivity (Wildman–Crippen MR) is 125 cm³/mol. The molecule has 1 amide bonds. The Bertz CT molecular complexity index is 1320. The minimum absolute atomic E-state index is 0.108. The lowest BCUT2D eigenvalue weighted by molar-refractivity contribution is 0.0459. The Morgan fingerprint density at radius 2 is 2.00 bits per heavy atom. The Hall–Kier alpha value is -2.86. The molecule has 1 aliphatic rings. The summed E-state index contributed by atoms with van der Waals surface area (Å²) in [6, 6.07) is 7.90. The molecule has 3 aromatic rings. The monoisotopic (exact) mass is 511 g/mol. The lowest BCUT2D eigenvalue weighted by atomic mass is 10.1. The van der Waals surface area contributed by atoms with E-state index in [9.17, 15) is 17.6 Å². The molecule has 2 heterocycles. The number of halogens is 2. The number of fused-ring (bicyclic) bond motifs is 1. The van der Waals surface area contributed by atoms with Gasteiger partial charge in [-0.1, -0.05) is 11.6 Å². The van der Waals surface area contributed by atoms with Gasteiger partial charge in [0.25, 0.3) is 10.0 Å². The van der Waals surface area contributed by atoms with E-state index in [1.807, 2.05) is 11.8 Å². The molecule has 4 rings (SSSR count). The molecular formula is C22H23ClFN3O6S. The van der Waals surface area contributed by atoms with Crippen LogP contribution in [0.15, 0.2) is 45.7 Å². The van der Waals surface area contributed by atoms with E-state index >= 15 is 0 Å². The van der Waals surface area contributed by atoms with Crippen LogP contribution in [0.2, 0.25) is 5.02 Å². The third-order valence-electron chi connectivity index (χ3n) is 5.60. The third-order valence-corrected chi connectivity index (χ3v) is 7.25. The normalized spacial score (nSPS) is 15.0. The van der Waals surface area contributed by atoms with Gasteiger partial charge in [-0.25, -0.2) is 18.3 Å². The van der Waals surface area contributed by atoms with E-state index in [2.05, 4.69) is 4.72 Å². The summed E-state index contributed by atoms with van der Waals surface area (Å²) in [6.07, 6.45) is 1.56. The summed E-state index contributed by atoms with van der Waals surface area (Å²) in [4.78, 5) is 13.3. The maximum absolute atomic E-state index is 14.3. The van der Waals surface area contributed by atoms with Gasteiger partial charge in [0.15, 0.2) is 5.76 Å². The van der Waals surface area contributed by atoms with Crippen molar-refractivity contribution >= 4 is 49.9 Å². The number of furan rings is 1. The summed E-state index contributed by atoms with van der Waals surface area (Å²) in [6.45, 7) is 3.66. The number of anilines is 2. The fraction of sp³-hybridized carbons (Fsp3) is 0.318. The van der Waals surface area contributed by atoms with E-state index in [0.29, 0.717) is 30.8 Å². The second-order valence-corrected chi connectivity index (χ2v) is 9.87. The van der Waals surface area contributed by atoms with Crippen molar-refractivity contribution in [1.82, 2.24) is 5.48 Å². The van der Waals surface area contributed by atoms with E-state index in [4.69, 9.17) is 26.0 Å². The first-order valence-electron chi connectivity index (χ1n) is 10.6. The van der Waals surface area contributed by atoms with Crippen LogP contribution in [0.4, 0.5) is 15.8 Å². The number of carbonyl (C=O) groups excluding carboxylic acids is 1. The van der Waals surface area contributed by atoms with Crippen molar-refractivity contribution in [1.29, 1.82) is 0 Å². The van der Waals surface area contributed by atoms with Crippen LogP contribution in [0.5, 0.6) is 0 Å². The van der Waals surface area contributed by atoms with Gasteiger partial charge in [-0.3, -0.25) is 14.7 Å².